The van der Waals surface area contributed by atoms with Gasteiger partial charge in [-0.25, -0.2) is 0 Å². The second-order valence-corrected chi connectivity index (χ2v) is 7.01. The molecular weight excluding hydrogens is 390 g/mol. The number of hydrogen-bond donors (Lipinski definition) is 2. The molecule has 2 unspecified atom stereocenters. The standard InChI is InChI=1S/C20H19N5O3S/c26-12-11-24-19(18(22-20(24)29)16-7-1-2-9-21-16)17-8-4-10-23(17)14-5-3-6-15(13-14)25(27)28/h1-10,13,18-19,26H,11-12H2,(H,22,29). The molecule has 2 aromatic heterocycles. The number of hydrogen-bond acceptors (Lipinski definition) is 5. The molecule has 0 spiro atoms. The molecular formula is C20H19N5O3S. The summed E-state index contributed by atoms with van der Waals surface area (Å²) in [6, 6.07) is 15.6. The predicted octanol–water partition coefficient (Wildman–Crippen LogP) is 2.75. The van der Waals surface area contributed by atoms with Gasteiger partial charge in [-0.2, -0.15) is 0 Å². The first-order valence-corrected chi connectivity index (χ1v) is 9.52. The van der Waals surface area contributed by atoms with Gasteiger partial charge in [0.05, 0.1) is 35.0 Å². The Kier molecular flexibility index (Phi) is 5.24. The van der Waals surface area contributed by atoms with Gasteiger partial charge >= 0.3 is 0 Å². The predicted molar refractivity (Wildman–Crippen MR) is 112 cm³/mol. The van der Waals surface area contributed by atoms with Crippen molar-refractivity contribution in [3.63, 3.8) is 0 Å². The zero-order chi connectivity index (χ0) is 20.4. The van der Waals surface area contributed by atoms with E-state index in [4.69, 9.17) is 12.2 Å². The van der Waals surface area contributed by atoms with Gasteiger partial charge in [0.15, 0.2) is 5.11 Å². The number of thiocarbonyl (C=S) groups is 1. The summed E-state index contributed by atoms with van der Waals surface area (Å²) >= 11 is 5.53. The largest absolute Gasteiger partial charge is 0.395 e. The number of rotatable bonds is 6. The first-order chi connectivity index (χ1) is 14.1. The third-order valence-corrected chi connectivity index (χ3v) is 5.29. The van der Waals surface area contributed by atoms with Crippen LogP contribution in [0.25, 0.3) is 5.69 Å². The fraction of sp³-hybridized carbons (Fsp3) is 0.200. The molecule has 3 aromatic rings. The molecule has 29 heavy (non-hydrogen) atoms. The molecule has 2 atom stereocenters. The molecule has 1 aliphatic heterocycles. The Hall–Kier alpha value is -3.30. The summed E-state index contributed by atoms with van der Waals surface area (Å²) in [5.41, 5.74) is 2.42. The van der Waals surface area contributed by atoms with E-state index >= 15 is 0 Å². The third-order valence-electron chi connectivity index (χ3n) is 4.94. The van der Waals surface area contributed by atoms with Crippen LogP contribution in [0.1, 0.15) is 23.5 Å². The Morgan fingerprint density at radius 2 is 2.07 bits per heavy atom. The van der Waals surface area contributed by atoms with E-state index in [1.165, 1.54) is 12.1 Å². The van der Waals surface area contributed by atoms with E-state index in [0.29, 0.717) is 17.3 Å². The second-order valence-electron chi connectivity index (χ2n) is 6.62. The quantitative estimate of drug-likeness (QED) is 0.367. The summed E-state index contributed by atoms with van der Waals surface area (Å²) in [5.74, 6) is 0. The van der Waals surface area contributed by atoms with E-state index < -0.39 is 4.92 Å². The SMILES string of the molecule is O=[N+]([O-])c1cccc(-n2cccc2C2C(c3ccccn3)NC(=S)N2CCO)c1. The minimum absolute atomic E-state index is 0.0238. The van der Waals surface area contributed by atoms with Crippen LogP contribution in [-0.4, -0.2) is 42.7 Å². The van der Waals surface area contributed by atoms with Crippen LogP contribution in [0.2, 0.25) is 0 Å². The van der Waals surface area contributed by atoms with Crippen LogP contribution < -0.4 is 5.32 Å². The van der Waals surface area contributed by atoms with Crippen LogP contribution in [0.4, 0.5) is 5.69 Å². The first-order valence-electron chi connectivity index (χ1n) is 9.11. The number of nitrogens with zero attached hydrogens (tertiary/aromatic N) is 4. The van der Waals surface area contributed by atoms with Crippen molar-refractivity contribution in [1.29, 1.82) is 0 Å². The molecule has 4 rings (SSSR count). The number of non-ortho nitro benzene ring substituents is 1. The molecule has 1 fully saturated rings. The Bertz CT molecular complexity index is 1040. The van der Waals surface area contributed by atoms with Gasteiger partial charge in [-0.3, -0.25) is 15.1 Å². The van der Waals surface area contributed by atoms with Gasteiger partial charge in [0.25, 0.3) is 5.69 Å². The highest BCUT2D eigenvalue weighted by Crippen LogP contribution is 2.39. The van der Waals surface area contributed by atoms with E-state index in [9.17, 15) is 15.2 Å². The fourth-order valence-corrected chi connectivity index (χ4v) is 4.03. The number of nitro benzene ring substituents is 1. The highest BCUT2D eigenvalue weighted by molar-refractivity contribution is 7.80. The van der Waals surface area contributed by atoms with Crippen LogP contribution in [-0.2, 0) is 0 Å². The molecule has 148 valence electrons. The molecule has 3 heterocycles. The third kappa shape index (κ3) is 3.57. The first kappa shape index (κ1) is 19.0. The average Bonchev–Trinajstić information content (AvgIpc) is 3.34. The van der Waals surface area contributed by atoms with Crippen LogP contribution in [0.3, 0.4) is 0 Å². The van der Waals surface area contributed by atoms with Gasteiger partial charge < -0.3 is 19.9 Å². The molecule has 0 radical (unpaired) electrons. The molecule has 0 amide bonds. The lowest BCUT2D eigenvalue weighted by Crippen LogP contribution is -2.32. The lowest BCUT2D eigenvalue weighted by molar-refractivity contribution is -0.384. The van der Waals surface area contributed by atoms with Crippen molar-refractivity contribution in [2.24, 2.45) is 0 Å². The molecule has 8 nitrogen and oxygen atoms in total. The van der Waals surface area contributed by atoms with Crippen molar-refractivity contribution in [2.75, 3.05) is 13.2 Å². The summed E-state index contributed by atoms with van der Waals surface area (Å²) in [6.07, 6.45) is 3.59. The second kappa shape index (κ2) is 7.98. The van der Waals surface area contributed by atoms with Crippen LogP contribution in [0, 0.1) is 10.1 Å². The average molecular weight is 409 g/mol. The molecule has 1 saturated heterocycles. The highest BCUT2D eigenvalue weighted by atomic mass is 32.1. The Balaban J connectivity index is 1.81. The molecule has 1 aromatic carbocycles. The van der Waals surface area contributed by atoms with Gasteiger partial charge in [-0.05, 0) is 42.5 Å². The Morgan fingerprint density at radius 1 is 1.21 bits per heavy atom. The number of aromatic nitrogens is 2. The van der Waals surface area contributed by atoms with Crippen molar-refractivity contribution in [3.8, 4) is 5.69 Å². The maximum absolute atomic E-state index is 11.2. The summed E-state index contributed by atoms with van der Waals surface area (Å²) in [4.78, 5) is 17.2. The van der Waals surface area contributed by atoms with Crippen molar-refractivity contribution in [2.45, 2.75) is 12.1 Å². The van der Waals surface area contributed by atoms with Crippen molar-refractivity contribution >= 4 is 23.0 Å². The van der Waals surface area contributed by atoms with E-state index in [1.54, 1.807) is 12.3 Å². The maximum atomic E-state index is 11.2. The Morgan fingerprint density at radius 3 is 2.79 bits per heavy atom. The summed E-state index contributed by atoms with van der Waals surface area (Å²) in [5, 5.41) is 24.6. The lowest BCUT2D eigenvalue weighted by atomic mass is 10.0. The van der Waals surface area contributed by atoms with Gasteiger partial charge in [0.2, 0.25) is 0 Å². The number of aliphatic hydroxyl groups excluding tert-OH is 1. The summed E-state index contributed by atoms with van der Waals surface area (Å²) in [7, 11) is 0. The van der Waals surface area contributed by atoms with Gasteiger partial charge in [-0.1, -0.05) is 12.1 Å². The molecule has 9 heteroatoms. The van der Waals surface area contributed by atoms with Gasteiger partial charge in [-0.15, -0.1) is 0 Å². The zero-order valence-electron chi connectivity index (χ0n) is 15.4. The number of benzene rings is 1. The van der Waals surface area contributed by atoms with E-state index in [1.807, 2.05) is 52.1 Å². The van der Waals surface area contributed by atoms with Gasteiger partial charge in [0.1, 0.15) is 0 Å². The molecule has 2 N–H and O–H groups in total. The Labute approximate surface area is 172 Å². The van der Waals surface area contributed by atoms with Crippen LogP contribution in [0.5, 0.6) is 0 Å². The van der Waals surface area contributed by atoms with E-state index in [2.05, 4.69) is 10.3 Å². The van der Waals surface area contributed by atoms with Crippen molar-refractivity contribution < 1.29 is 10.0 Å². The number of nitrogens with one attached hydrogen (secondary N) is 1. The zero-order valence-corrected chi connectivity index (χ0v) is 16.2. The maximum Gasteiger partial charge on any atom is 0.271 e. The summed E-state index contributed by atoms with van der Waals surface area (Å²) in [6.45, 7) is 0.310. The van der Waals surface area contributed by atoms with Crippen LogP contribution >= 0.6 is 12.2 Å². The summed E-state index contributed by atoms with van der Waals surface area (Å²) < 4.78 is 1.91. The lowest BCUT2D eigenvalue weighted by Gasteiger charge is -2.28. The number of nitro groups is 1. The molecule has 0 saturated carbocycles. The smallest absolute Gasteiger partial charge is 0.271 e. The van der Waals surface area contributed by atoms with Crippen molar-refractivity contribution in [3.05, 3.63) is 88.5 Å². The molecule has 1 aliphatic rings. The number of aliphatic hydroxyl groups is 1. The number of pyridine rings is 1. The van der Waals surface area contributed by atoms with Crippen LogP contribution in [0.15, 0.2) is 67.0 Å². The normalized spacial score (nSPS) is 18.7. The minimum Gasteiger partial charge on any atom is -0.395 e. The fourth-order valence-electron chi connectivity index (χ4n) is 3.70. The van der Waals surface area contributed by atoms with E-state index in [0.717, 1.165) is 11.4 Å². The topological polar surface area (TPSA) is 96.5 Å². The van der Waals surface area contributed by atoms with Crippen molar-refractivity contribution in [1.82, 2.24) is 19.8 Å². The van der Waals surface area contributed by atoms with E-state index in [-0.39, 0.29) is 24.4 Å². The molecule has 0 aliphatic carbocycles. The minimum atomic E-state index is -0.409. The molecule has 0 bridgehead atoms. The van der Waals surface area contributed by atoms with Gasteiger partial charge in [0, 0.05) is 36.8 Å². The number of β-amino-alcohol motifs (C(OH)–C–C–N with tert-alkyl or cyclic N) is 1. The highest BCUT2D eigenvalue weighted by Gasteiger charge is 2.40. The monoisotopic (exact) mass is 409 g/mol.